The summed E-state index contributed by atoms with van der Waals surface area (Å²) in [6.07, 6.45) is 0. The van der Waals surface area contributed by atoms with Crippen LogP contribution in [-0.2, 0) is 0 Å². The number of anilines is 3. The smallest absolute Gasteiger partial charge is 0.143 e. The lowest BCUT2D eigenvalue weighted by Crippen LogP contribution is -2.10. The first kappa shape index (κ1) is 34.9. The first-order chi connectivity index (χ1) is 30.2. The zero-order valence-corrected chi connectivity index (χ0v) is 33.2. The Morgan fingerprint density at radius 1 is 0.344 bits per heavy atom. The first-order valence-electron chi connectivity index (χ1n) is 20.8. The molecule has 0 aliphatic carbocycles. The van der Waals surface area contributed by atoms with E-state index in [2.05, 4.69) is 240 Å². The van der Waals surface area contributed by atoms with Crippen molar-refractivity contribution in [2.75, 3.05) is 4.90 Å². The summed E-state index contributed by atoms with van der Waals surface area (Å²) in [5.74, 6) is 0. The second-order valence-corrected chi connectivity index (χ2v) is 15.7. The number of furan rings is 1. The van der Waals surface area contributed by atoms with Crippen LogP contribution in [0.25, 0.3) is 93.6 Å². The maximum absolute atomic E-state index is 7.12. The molecule has 0 radical (unpaired) electrons. The summed E-state index contributed by atoms with van der Waals surface area (Å²) >= 11 is 0. The van der Waals surface area contributed by atoms with Crippen molar-refractivity contribution in [1.82, 2.24) is 4.57 Å². The highest BCUT2D eigenvalue weighted by Crippen LogP contribution is 2.45. The average molecular weight is 779 g/mol. The van der Waals surface area contributed by atoms with Crippen molar-refractivity contribution in [1.29, 1.82) is 0 Å². The summed E-state index contributed by atoms with van der Waals surface area (Å²) in [6.45, 7) is 0. The number of nitrogens with zero attached hydrogens (tertiary/aromatic N) is 2. The molecule has 0 fully saturated rings. The fraction of sp³-hybridized carbons (Fsp3) is 0. The maximum Gasteiger partial charge on any atom is 0.143 e. The van der Waals surface area contributed by atoms with Gasteiger partial charge in [-0.2, -0.15) is 0 Å². The molecule has 0 atom stereocenters. The molecule has 0 saturated carbocycles. The van der Waals surface area contributed by atoms with E-state index in [9.17, 15) is 0 Å². The van der Waals surface area contributed by atoms with Crippen LogP contribution in [0.4, 0.5) is 17.1 Å². The number of hydrogen-bond acceptors (Lipinski definition) is 2. The van der Waals surface area contributed by atoms with Crippen LogP contribution in [0.15, 0.2) is 235 Å². The van der Waals surface area contributed by atoms with Gasteiger partial charge in [0.1, 0.15) is 11.2 Å². The Bertz CT molecular complexity index is 3570. The standard InChI is InChI=1S/C58H38N2O/c1-4-15-39(16-5-1)41-27-30-46(31-28-41)59(47-23-14-20-42(35-47)40-17-6-2-7-18-40)48-32-33-51-56(38-48)61-58-52(36-43-19-10-11-24-49(43)57(51)58)44-29-34-55-53(37-44)50-25-12-13-26-54(50)60(55)45-21-8-3-9-22-45/h1-38H. The van der Waals surface area contributed by atoms with Gasteiger partial charge >= 0.3 is 0 Å². The highest BCUT2D eigenvalue weighted by molar-refractivity contribution is 6.23. The Hall–Kier alpha value is -8.14. The second kappa shape index (κ2) is 14.3. The zero-order chi connectivity index (χ0) is 40.3. The van der Waals surface area contributed by atoms with Crippen LogP contribution in [0.5, 0.6) is 0 Å². The number of hydrogen-bond donors (Lipinski definition) is 0. The summed E-state index contributed by atoms with van der Waals surface area (Å²) in [5, 5.41) is 7.02. The third-order valence-electron chi connectivity index (χ3n) is 12.1. The average Bonchev–Trinajstić information content (AvgIpc) is 3.88. The molecule has 3 heteroatoms. The molecule has 61 heavy (non-hydrogen) atoms. The van der Waals surface area contributed by atoms with Crippen LogP contribution in [0.1, 0.15) is 0 Å². The quantitative estimate of drug-likeness (QED) is 0.161. The molecule has 10 aromatic carbocycles. The zero-order valence-electron chi connectivity index (χ0n) is 33.2. The molecular weight excluding hydrogens is 741 g/mol. The molecule has 0 unspecified atom stereocenters. The van der Waals surface area contributed by atoms with Gasteiger partial charge in [0.05, 0.1) is 11.0 Å². The summed E-state index contributed by atoms with van der Waals surface area (Å²) in [6, 6.07) is 82.7. The molecule has 286 valence electrons. The van der Waals surface area contributed by atoms with Gasteiger partial charge in [-0.1, -0.05) is 152 Å². The fourth-order valence-corrected chi connectivity index (χ4v) is 9.30. The Balaban J connectivity index is 1.05. The Morgan fingerprint density at radius 2 is 0.934 bits per heavy atom. The first-order valence-corrected chi connectivity index (χ1v) is 20.8. The Kier molecular flexibility index (Phi) is 8.17. The van der Waals surface area contributed by atoms with Crippen molar-refractivity contribution >= 4 is 71.6 Å². The van der Waals surface area contributed by atoms with E-state index in [1.54, 1.807) is 0 Å². The molecule has 0 bridgehead atoms. The van der Waals surface area contributed by atoms with Gasteiger partial charge in [-0.3, -0.25) is 0 Å². The van der Waals surface area contributed by atoms with Crippen LogP contribution < -0.4 is 4.90 Å². The Morgan fingerprint density at radius 3 is 1.72 bits per heavy atom. The number of rotatable bonds is 7. The molecule has 0 N–H and O–H groups in total. The molecule has 2 aromatic heterocycles. The largest absolute Gasteiger partial charge is 0.455 e. The predicted octanol–water partition coefficient (Wildman–Crippen LogP) is 16.3. The van der Waals surface area contributed by atoms with Crippen molar-refractivity contribution in [3.8, 4) is 39.1 Å². The lowest BCUT2D eigenvalue weighted by molar-refractivity contribution is 0.670. The Labute approximate surface area is 353 Å². The molecule has 2 heterocycles. The van der Waals surface area contributed by atoms with Gasteiger partial charge in [0, 0.05) is 55.9 Å². The molecule has 0 aliphatic rings. The number of fused-ring (bicyclic) bond motifs is 8. The lowest BCUT2D eigenvalue weighted by atomic mass is 9.95. The van der Waals surface area contributed by atoms with Crippen molar-refractivity contribution < 1.29 is 4.42 Å². The van der Waals surface area contributed by atoms with Crippen molar-refractivity contribution in [3.63, 3.8) is 0 Å². The monoisotopic (exact) mass is 778 g/mol. The van der Waals surface area contributed by atoms with Gasteiger partial charge in [0.25, 0.3) is 0 Å². The fourth-order valence-electron chi connectivity index (χ4n) is 9.30. The molecule has 12 rings (SSSR count). The highest BCUT2D eigenvalue weighted by atomic mass is 16.3. The van der Waals surface area contributed by atoms with Crippen LogP contribution >= 0.6 is 0 Å². The highest BCUT2D eigenvalue weighted by Gasteiger charge is 2.21. The molecule has 0 aliphatic heterocycles. The summed E-state index contributed by atoms with van der Waals surface area (Å²) in [5.41, 5.74) is 15.3. The van der Waals surface area contributed by atoms with Gasteiger partial charge in [0.2, 0.25) is 0 Å². The third kappa shape index (κ3) is 5.90. The normalized spacial score (nSPS) is 11.6. The van der Waals surface area contributed by atoms with E-state index in [1.165, 1.54) is 49.3 Å². The maximum atomic E-state index is 7.12. The summed E-state index contributed by atoms with van der Waals surface area (Å²) < 4.78 is 9.49. The second-order valence-electron chi connectivity index (χ2n) is 15.7. The number of aromatic nitrogens is 1. The van der Waals surface area contributed by atoms with Crippen molar-refractivity contribution in [3.05, 3.63) is 231 Å². The minimum Gasteiger partial charge on any atom is -0.455 e. The van der Waals surface area contributed by atoms with Crippen molar-refractivity contribution in [2.24, 2.45) is 0 Å². The molecule has 0 saturated heterocycles. The minimum absolute atomic E-state index is 0.844. The van der Waals surface area contributed by atoms with Gasteiger partial charge in [-0.25, -0.2) is 0 Å². The third-order valence-corrected chi connectivity index (χ3v) is 12.1. The molecule has 0 amide bonds. The molecule has 3 nitrogen and oxygen atoms in total. The van der Waals surface area contributed by atoms with E-state index in [1.807, 2.05) is 0 Å². The SMILES string of the molecule is c1ccc(-c2ccc(N(c3cccc(-c4ccccc4)c3)c3ccc4c(c3)oc3c(-c5ccc6c(c5)c5ccccc5n6-c5ccccc5)cc5ccccc5c34)cc2)cc1. The van der Waals surface area contributed by atoms with Gasteiger partial charge in [0.15, 0.2) is 0 Å². The molecule has 0 spiro atoms. The summed E-state index contributed by atoms with van der Waals surface area (Å²) in [4.78, 5) is 2.34. The van der Waals surface area contributed by atoms with Gasteiger partial charge < -0.3 is 13.9 Å². The van der Waals surface area contributed by atoms with E-state index < -0.39 is 0 Å². The van der Waals surface area contributed by atoms with Crippen LogP contribution in [0, 0.1) is 0 Å². The lowest BCUT2D eigenvalue weighted by Gasteiger charge is -2.26. The van der Waals surface area contributed by atoms with E-state index >= 15 is 0 Å². The van der Waals surface area contributed by atoms with Crippen molar-refractivity contribution in [2.45, 2.75) is 0 Å². The number of para-hydroxylation sites is 2. The van der Waals surface area contributed by atoms with E-state index in [0.29, 0.717) is 0 Å². The van der Waals surface area contributed by atoms with Crippen LogP contribution in [-0.4, -0.2) is 4.57 Å². The van der Waals surface area contributed by atoms with Gasteiger partial charge in [-0.15, -0.1) is 0 Å². The van der Waals surface area contributed by atoms with Crippen LogP contribution in [0.2, 0.25) is 0 Å². The topological polar surface area (TPSA) is 21.3 Å². The van der Waals surface area contributed by atoms with Gasteiger partial charge in [-0.05, 0) is 111 Å². The van der Waals surface area contributed by atoms with E-state index in [4.69, 9.17) is 4.42 Å². The minimum atomic E-state index is 0.844. The molecule has 12 aromatic rings. The van der Waals surface area contributed by atoms with E-state index in [-0.39, 0.29) is 0 Å². The van der Waals surface area contributed by atoms with E-state index in [0.717, 1.165) is 61.4 Å². The molecular formula is C58H38N2O. The summed E-state index contributed by atoms with van der Waals surface area (Å²) in [7, 11) is 0. The van der Waals surface area contributed by atoms with Crippen LogP contribution in [0.3, 0.4) is 0 Å². The number of benzene rings is 10. The predicted molar refractivity (Wildman–Crippen MR) is 257 cm³/mol.